The molecule has 2 aromatic rings. The van der Waals surface area contributed by atoms with E-state index in [0.29, 0.717) is 22.0 Å². The van der Waals surface area contributed by atoms with Gasteiger partial charge in [0.1, 0.15) is 0 Å². The van der Waals surface area contributed by atoms with E-state index in [4.69, 9.17) is 11.6 Å². The van der Waals surface area contributed by atoms with Crippen LogP contribution in [0.1, 0.15) is 11.1 Å². The summed E-state index contributed by atoms with van der Waals surface area (Å²) in [7, 11) is 0. The number of benzodiazepines with no additional fused rings is 1. The van der Waals surface area contributed by atoms with Gasteiger partial charge in [0.25, 0.3) is 5.91 Å². The SMILES string of the molecule is O=C1Nc2ccc(Cl)cc2C(c2ccccc2)=N[C@@H]1O. The normalized spacial score (nSPS) is 17.8. The maximum atomic E-state index is 11.7. The predicted octanol–water partition coefficient (Wildman–Crippen LogP) is 2.45. The van der Waals surface area contributed by atoms with Gasteiger partial charge < -0.3 is 10.4 Å². The maximum Gasteiger partial charge on any atom is 0.276 e. The van der Waals surface area contributed by atoms with E-state index in [1.807, 2.05) is 30.3 Å². The summed E-state index contributed by atoms with van der Waals surface area (Å²) < 4.78 is 0. The molecule has 0 saturated heterocycles. The lowest BCUT2D eigenvalue weighted by Crippen LogP contribution is -2.24. The number of hydrogen-bond donors (Lipinski definition) is 2. The number of carbonyl (C=O) groups is 1. The standard InChI is InChI=1S/C15H11ClN2O2/c16-10-6-7-12-11(8-10)13(9-4-2-1-3-5-9)18-15(20)14(19)17-12/h1-8,15,20H,(H,17,19)/t15-/m1/s1. The average molecular weight is 287 g/mol. The Morgan fingerprint density at radius 2 is 1.90 bits per heavy atom. The minimum atomic E-state index is -1.43. The Labute approximate surface area is 120 Å². The summed E-state index contributed by atoms with van der Waals surface area (Å²) in [5.74, 6) is -0.556. The van der Waals surface area contributed by atoms with Crippen LogP contribution in [0.3, 0.4) is 0 Å². The first-order chi connectivity index (χ1) is 9.65. The number of rotatable bonds is 1. The van der Waals surface area contributed by atoms with Gasteiger partial charge in [-0.2, -0.15) is 0 Å². The molecule has 0 spiro atoms. The molecule has 2 N–H and O–H groups in total. The van der Waals surface area contributed by atoms with Crippen LogP contribution in [0.25, 0.3) is 0 Å². The van der Waals surface area contributed by atoms with Crippen molar-refractivity contribution < 1.29 is 9.90 Å². The van der Waals surface area contributed by atoms with Gasteiger partial charge in [0.2, 0.25) is 6.23 Å². The molecule has 1 aliphatic heterocycles. The van der Waals surface area contributed by atoms with Crippen molar-refractivity contribution in [3.63, 3.8) is 0 Å². The van der Waals surface area contributed by atoms with E-state index in [2.05, 4.69) is 10.3 Å². The lowest BCUT2D eigenvalue weighted by molar-refractivity contribution is -0.123. The highest BCUT2D eigenvalue weighted by molar-refractivity contribution is 6.32. The number of anilines is 1. The number of benzene rings is 2. The fourth-order valence-corrected chi connectivity index (χ4v) is 2.27. The number of aliphatic hydroxyl groups excluding tert-OH is 1. The van der Waals surface area contributed by atoms with Crippen molar-refractivity contribution in [3.8, 4) is 0 Å². The Kier molecular flexibility index (Phi) is 3.26. The highest BCUT2D eigenvalue weighted by Gasteiger charge is 2.23. The van der Waals surface area contributed by atoms with Crippen molar-refractivity contribution in [2.45, 2.75) is 6.23 Å². The Morgan fingerprint density at radius 1 is 1.15 bits per heavy atom. The zero-order chi connectivity index (χ0) is 14.1. The van der Waals surface area contributed by atoms with E-state index in [1.165, 1.54) is 0 Å². The summed E-state index contributed by atoms with van der Waals surface area (Å²) >= 11 is 6.03. The van der Waals surface area contributed by atoms with Crippen LogP contribution in [0, 0.1) is 0 Å². The van der Waals surface area contributed by atoms with Gasteiger partial charge in [-0.3, -0.25) is 4.79 Å². The summed E-state index contributed by atoms with van der Waals surface area (Å²) in [6.07, 6.45) is -1.43. The largest absolute Gasteiger partial charge is 0.364 e. The van der Waals surface area contributed by atoms with Gasteiger partial charge in [0.15, 0.2) is 0 Å². The van der Waals surface area contributed by atoms with Gasteiger partial charge >= 0.3 is 0 Å². The summed E-state index contributed by atoms with van der Waals surface area (Å²) in [6.45, 7) is 0. The number of halogens is 1. The number of hydrogen-bond acceptors (Lipinski definition) is 3. The Hall–Kier alpha value is -2.17. The topological polar surface area (TPSA) is 61.7 Å². The summed E-state index contributed by atoms with van der Waals surface area (Å²) in [5.41, 5.74) is 2.62. The van der Waals surface area contributed by atoms with E-state index >= 15 is 0 Å². The molecule has 0 radical (unpaired) electrons. The van der Waals surface area contributed by atoms with Crippen LogP contribution < -0.4 is 5.32 Å². The van der Waals surface area contributed by atoms with Crippen molar-refractivity contribution in [2.24, 2.45) is 4.99 Å². The van der Waals surface area contributed by atoms with Gasteiger partial charge in [-0.05, 0) is 18.2 Å². The van der Waals surface area contributed by atoms with Crippen LogP contribution in [-0.4, -0.2) is 23.0 Å². The third-order valence-electron chi connectivity index (χ3n) is 3.03. The first-order valence-corrected chi connectivity index (χ1v) is 6.45. The molecule has 0 aromatic heterocycles. The van der Waals surface area contributed by atoms with Crippen molar-refractivity contribution in [3.05, 3.63) is 64.7 Å². The van der Waals surface area contributed by atoms with Crippen molar-refractivity contribution in [1.82, 2.24) is 0 Å². The van der Waals surface area contributed by atoms with Crippen LogP contribution in [-0.2, 0) is 4.79 Å². The van der Waals surface area contributed by atoms with Gasteiger partial charge in [-0.1, -0.05) is 41.9 Å². The lowest BCUT2D eigenvalue weighted by atomic mass is 10.0. The molecule has 5 heteroatoms. The molecule has 1 heterocycles. The Balaban J connectivity index is 2.23. The molecule has 0 unspecified atom stereocenters. The number of nitrogens with zero attached hydrogens (tertiary/aromatic N) is 1. The molecule has 0 bridgehead atoms. The summed E-state index contributed by atoms with van der Waals surface area (Å²) in [5, 5.41) is 13.0. The van der Waals surface area contributed by atoms with Crippen molar-refractivity contribution >= 4 is 28.9 Å². The highest BCUT2D eigenvalue weighted by atomic mass is 35.5. The molecule has 3 rings (SSSR count). The number of aliphatic imine (C=N–C) groups is 1. The number of carbonyl (C=O) groups excluding carboxylic acids is 1. The third-order valence-corrected chi connectivity index (χ3v) is 3.26. The number of aliphatic hydroxyl groups is 1. The van der Waals surface area contributed by atoms with E-state index < -0.39 is 12.1 Å². The zero-order valence-corrected chi connectivity index (χ0v) is 11.1. The number of amides is 1. The van der Waals surface area contributed by atoms with E-state index in [0.717, 1.165) is 5.56 Å². The lowest BCUT2D eigenvalue weighted by Gasteiger charge is -2.10. The van der Waals surface area contributed by atoms with E-state index in [9.17, 15) is 9.90 Å². The molecule has 0 saturated carbocycles. The zero-order valence-electron chi connectivity index (χ0n) is 10.4. The fraction of sp³-hybridized carbons (Fsp3) is 0.0667. The predicted molar refractivity (Wildman–Crippen MR) is 78.2 cm³/mol. The molecule has 4 nitrogen and oxygen atoms in total. The molecule has 20 heavy (non-hydrogen) atoms. The van der Waals surface area contributed by atoms with Crippen molar-refractivity contribution in [2.75, 3.05) is 5.32 Å². The molecule has 0 aliphatic carbocycles. The summed E-state index contributed by atoms with van der Waals surface area (Å²) in [6, 6.07) is 14.5. The van der Waals surface area contributed by atoms with Gasteiger partial charge in [0, 0.05) is 16.1 Å². The monoisotopic (exact) mass is 286 g/mol. The van der Waals surface area contributed by atoms with Crippen molar-refractivity contribution in [1.29, 1.82) is 0 Å². The van der Waals surface area contributed by atoms with Crippen LogP contribution in [0.4, 0.5) is 5.69 Å². The second-order valence-corrected chi connectivity index (χ2v) is 4.83. The highest BCUT2D eigenvalue weighted by Crippen LogP contribution is 2.26. The quantitative estimate of drug-likeness (QED) is 0.846. The molecule has 0 fully saturated rings. The van der Waals surface area contributed by atoms with Gasteiger partial charge in [-0.25, -0.2) is 4.99 Å². The van der Waals surface area contributed by atoms with E-state index in [1.54, 1.807) is 18.2 Å². The molecule has 2 aromatic carbocycles. The Bertz CT molecular complexity index is 698. The minimum Gasteiger partial charge on any atom is -0.364 e. The van der Waals surface area contributed by atoms with Gasteiger partial charge in [0.05, 0.1) is 11.4 Å². The second-order valence-electron chi connectivity index (χ2n) is 4.40. The first-order valence-electron chi connectivity index (χ1n) is 6.07. The minimum absolute atomic E-state index is 0.536. The van der Waals surface area contributed by atoms with Crippen LogP contribution in [0.2, 0.25) is 5.02 Å². The fourth-order valence-electron chi connectivity index (χ4n) is 2.10. The van der Waals surface area contributed by atoms with Gasteiger partial charge in [-0.15, -0.1) is 0 Å². The smallest absolute Gasteiger partial charge is 0.276 e. The molecular weight excluding hydrogens is 276 g/mol. The van der Waals surface area contributed by atoms with E-state index in [-0.39, 0.29) is 0 Å². The number of nitrogens with one attached hydrogen (secondary N) is 1. The molecule has 1 aliphatic rings. The number of fused-ring (bicyclic) bond motifs is 1. The summed E-state index contributed by atoms with van der Waals surface area (Å²) in [4.78, 5) is 15.8. The molecular formula is C15H11ClN2O2. The Morgan fingerprint density at radius 3 is 2.65 bits per heavy atom. The van der Waals surface area contributed by atoms with Crippen LogP contribution in [0.15, 0.2) is 53.5 Å². The average Bonchev–Trinajstić information content (AvgIpc) is 2.58. The second kappa shape index (κ2) is 5.07. The van der Waals surface area contributed by atoms with Crippen LogP contribution in [0.5, 0.6) is 0 Å². The molecule has 1 atom stereocenters. The first kappa shape index (κ1) is 12.8. The maximum absolute atomic E-state index is 11.7. The molecule has 1 amide bonds. The molecule has 100 valence electrons. The third kappa shape index (κ3) is 2.31. The van der Waals surface area contributed by atoms with Crippen LogP contribution >= 0.6 is 11.6 Å².